The number of benzene rings is 2. The molecule has 210 valence electrons. The van der Waals surface area contributed by atoms with Crippen LogP contribution in [0.4, 0.5) is 0 Å². The molecule has 10 heteroatoms. The summed E-state index contributed by atoms with van der Waals surface area (Å²) in [5, 5.41) is 2.84. The van der Waals surface area contributed by atoms with Crippen molar-refractivity contribution in [2.45, 2.75) is 65.0 Å². The van der Waals surface area contributed by atoms with E-state index < -0.39 is 23.5 Å². The van der Waals surface area contributed by atoms with Crippen LogP contribution in [0.25, 0.3) is 11.4 Å². The molecule has 2 aromatic carbocycles. The highest BCUT2D eigenvalue weighted by Gasteiger charge is 2.27. The summed E-state index contributed by atoms with van der Waals surface area (Å²) >= 11 is 0. The second-order valence-corrected chi connectivity index (χ2v) is 11.3. The molecule has 3 rings (SSSR count). The number of nitrogens with zero attached hydrogens (tertiary/aromatic N) is 2. The average molecular weight is 546 g/mol. The van der Waals surface area contributed by atoms with Crippen LogP contribution in [0.5, 0.6) is 0 Å². The van der Waals surface area contributed by atoms with E-state index in [0.29, 0.717) is 23.4 Å². The molecular formula is C30H35N5O5. The summed E-state index contributed by atoms with van der Waals surface area (Å²) in [7, 11) is 0. The molecule has 0 spiro atoms. The van der Waals surface area contributed by atoms with Gasteiger partial charge >= 0.3 is 5.97 Å². The number of hydrogen-bond donors (Lipinski definition) is 3. The van der Waals surface area contributed by atoms with Gasteiger partial charge in [0.05, 0.1) is 5.56 Å². The van der Waals surface area contributed by atoms with Gasteiger partial charge in [0.2, 0.25) is 6.41 Å². The number of rotatable bonds is 9. The van der Waals surface area contributed by atoms with Crippen LogP contribution in [0.2, 0.25) is 0 Å². The first-order chi connectivity index (χ1) is 18.8. The first-order valence-corrected chi connectivity index (χ1v) is 12.8. The van der Waals surface area contributed by atoms with Crippen LogP contribution in [-0.4, -0.2) is 45.8 Å². The molecule has 0 aliphatic carbocycles. The Morgan fingerprint density at radius 2 is 1.45 bits per heavy atom. The van der Waals surface area contributed by atoms with Crippen LogP contribution >= 0.6 is 0 Å². The van der Waals surface area contributed by atoms with E-state index in [1.165, 1.54) is 12.4 Å². The van der Waals surface area contributed by atoms with E-state index >= 15 is 0 Å². The Hall–Kier alpha value is -4.60. The van der Waals surface area contributed by atoms with Crippen molar-refractivity contribution in [2.24, 2.45) is 0 Å². The number of ether oxygens (including phenoxy) is 1. The van der Waals surface area contributed by atoms with Crippen molar-refractivity contribution in [3.63, 3.8) is 0 Å². The number of hydrazine groups is 1. The van der Waals surface area contributed by atoms with Gasteiger partial charge in [-0.2, -0.15) is 0 Å². The normalized spacial score (nSPS) is 12.2. The predicted molar refractivity (Wildman–Crippen MR) is 150 cm³/mol. The summed E-state index contributed by atoms with van der Waals surface area (Å²) in [5.41, 5.74) is 6.70. The van der Waals surface area contributed by atoms with Crippen molar-refractivity contribution >= 4 is 24.2 Å². The first-order valence-electron chi connectivity index (χ1n) is 12.8. The lowest BCUT2D eigenvalue weighted by atomic mass is 9.86. The topological polar surface area (TPSA) is 139 Å². The number of carbonyl (C=O) groups is 4. The molecule has 0 fully saturated rings. The maximum Gasteiger partial charge on any atom is 0.329 e. The number of amides is 3. The molecule has 0 aliphatic rings. The smallest absolute Gasteiger partial charge is 0.329 e. The molecule has 0 bridgehead atoms. The van der Waals surface area contributed by atoms with Crippen LogP contribution in [0.1, 0.15) is 73.4 Å². The van der Waals surface area contributed by atoms with Gasteiger partial charge < -0.3 is 10.1 Å². The van der Waals surface area contributed by atoms with E-state index in [9.17, 15) is 19.2 Å². The van der Waals surface area contributed by atoms with E-state index in [2.05, 4.69) is 46.9 Å². The van der Waals surface area contributed by atoms with Crippen LogP contribution in [-0.2, 0) is 26.2 Å². The van der Waals surface area contributed by atoms with Gasteiger partial charge in [0.1, 0.15) is 11.6 Å². The number of hydrogen-bond acceptors (Lipinski definition) is 7. The lowest BCUT2D eigenvalue weighted by molar-refractivity contribution is -0.157. The second-order valence-electron chi connectivity index (χ2n) is 11.3. The third-order valence-electron chi connectivity index (χ3n) is 5.82. The summed E-state index contributed by atoms with van der Waals surface area (Å²) in [5.74, 6) is -1.05. The van der Waals surface area contributed by atoms with Crippen molar-refractivity contribution < 1.29 is 23.9 Å². The molecule has 3 amide bonds. The molecule has 3 aromatic rings. The van der Waals surface area contributed by atoms with Gasteiger partial charge in [-0.1, -0.05) is 57.2 Å². The van der Waals surface area contributed by atoms with Crippen LogP contribution in [0, 0.1) is 0 Å². The van der Waals surface area contributed by atoms with Gasteiger partial charge in [-0.3, -0.25) is 25.2 Å². The Morgan fingerprint density at radius 3 is 1.98 bits per heavy atom. The zero-order valence-corrected chi connectivity index (χ0v) is 23.6. The van der Waals surface area contributed by atoms with Crippen molar-refractivity contribution in [3.05, 3.63) is 83.2 Å². The second kappa shape index (κ2) is 12.5. The predicted octanol–water partition coefficient (Wildman–Crippen LogP) is 3.51. The summed E-state index contributed by atoms with van der Waals surface area (Å²) in [4.78, 5) is 56.7. The maximum absolute atomic E-state index is 13.1. The molecule has 1 atom stereocenters. The monoisotopic (exact) mass is 545 g/mol. The van der Waals surface area contributed by atoms with Gasteiger partial charge in [-0.15, -0.1) is 0 Å². The lowest BCUT2D eigenvalue weighted by Crippen LogP contribution is -2.45. The van der Waals surface area contributed by atoms with Gasteiger partial charge in [0.15, 0.2) is 5.82 Å². The minimum Gasteiger partial charge on any atom is -0.458 e. The lowest BCUT2D eigenvalue weighted by Gasteiger charge is -2.25. The molecule has 1 heterocycles. The molecule has 40 heavy (non-hydrogen) atoms. The molecule has 0 aliphatic heterocycles. The Morgan fingerprint density at radius 1 is 0.850 bits per heavy atom. The zero-order chi connectivity index (χ0) is 29.5. The molecule has 3 N–H and O–H groups in total. The quantitative estimate of drug-likeness (QED) is 0.212. The third kappa shape index (κ3) is 8.45. The van der Waals surface area contributed by atoms with Gasteiger partial charge in [-0.25, -0.2) is 14.8 Å². The zero-order valence-electron chi connectivity index (χ0n) is 23.6. The van der Waals surface area contributed by atoms with E-state index in [0.717, 1.165) is 11.1 Å². The molecule has 0 saturated carbocycles. The molecule has 1 aromatic heterocycles. The van der Waals surface area contributed by atoms with Crippen LogP contribution in [0.15, 0.2) is 60.9 Å². The summed E-state index contributed by atoms with van der Waals surface area (Å²) in [6.45, 7) is 11.6. The van der Waals surface area contributed by atoms with Crippen molar-refractivity contribution in [1.29, 1.82) is 0 Å². The summed E-state index contributed by atoms with van der Waals surface area (Å²) in [6.07, 6.45) is 3.25. The fourth-order valence-corrected chi connectivity index (χ4v) is 3.72. The fraction of sp³-hybridized carbons (Fsp3) is 0.333. The maximum atomic E-state index is 13.1. The molecule has 1 unspecified atom stereocenters. The van der Waals surface area contributed by atoms with Gasteiger partial charge in [0.25, 0.3) is 11.8 Å². The number of esters is 1. The van der Waals surface area contributed by atoms with Crippen molar-refractivity contribution in [2.75, 3.05) is 0 Å². The largest absolute Gasteiger partial charge is 0.458 e. The minimum absolute atomic E-state index is 0.0451. The highest BCUT2D eigenvalue weighted by atomic mass is 16.6. The Labute approximate surface area is 233 Å². The Balaban J connectivity index is 1.75. The summed E-state index contributed by atoms with van der Waals surface area (Å²) < 4.78 is 5.59. The van der Waals surface area contributed by atoms with Crippen LogP contribution in [0.3, 0.4) is 0 Å². The summed E-state index contributed by atoms with van der Waals surface area (Å²) in [6, 6.07) is 13.6. The first kappa shape index (κ1) is 29.9. The highest BCUT2D eigenvalue weighted by molar-refractivity contribution is 5.97. The standard InChI is InChI=1S/C30H35N5O5/c1-29(2,3)23-13-11-21(12-14-23)26(37)34-24(28(39)40-30(4,5)6)15-19-7-9-20(10-8-19)25-31-16-22(17-32-25)27(38)35-33-18-36/h7-14,16-18,24H,15H2,1-6H3,(H,33,36)(H,34,37)(H,35,38). The van der Waals surface area contributed by atoms with E-state index in [1.54, 1.807) is 45.0 Å². The molecule has 0 saturated heterocycles. The fourth-order valence-electron chi connectivity index (χ4n) is 3.72. The third-order valence-corrected chi connectivity index (χ3v) is 5.82. The molecule has 0 radical (unpaired) electrons. The van der Waals surface area contributed by atoms with E-state index in [-0.39, 0.29) is 23.3 Å². The average Bonchev–Trinajstić information content (AvgIpc) is 2.90. The SMILES string of the molecule is CC(C)(C)OC(=O)C(Cc1ccc(-c2ncc(C(=O)NNC=O)cn2)cc1)NC(=O)c1ccc(C(C)(C)C)cc1. The van der Waals surface area contributed by atoms with Crippen molar-refractivity contribution in [3.8, 4) is 11.4 Å². The van der Waals surface area contributed by atoms with Crippen LogP contribution < -0.4 is 16.2 Å². The number of nitrogens with one attached hydrogen (secondary N) is 3. The highest BCUT2D eigenvalue weighted by Crippen LogP contribution is 2.22. The number of aromatic nitrogens is 2. The Kier molecular flexibility index (Phi) is 9.36. The minimum atomic E-state index is -0.908. The Bertz CT molecular complexity index is 1340. The van der Waals surface area contributed by atoms with Gasteiger partial charge in [0, 0.05) is 29.9 Å². The molecular weight excluding hydrogens is 510 g/mol. The van der Waals surface area contributed by atoms with E-state index in [4.69, 9.17) is 4.74 Å². The van der Waals surface area contributed by atoms with Gasteiger partial charge in [-0.05, 0) is 49.4 Å². The van der Waals surface area contributed by atoms with E-state index in [1.807, 2.05) is 24.3 Å². The molecule has 10 nitrogen and oxygen atoms in total. The van der Waals surface area contributed by atoms with Crippen molar-refractivity contribution in [1.82, 2.24) is 26.1 Å². The number of carbonyl (C=O) groups excluding carboxylic acids is 4.